The number of hydrogen-bond donors (Lipinski definition) is 0. The van der Waals surface area contributed by atoms with Gasteiger partial charge in [0.2, 0.25) is 5.91 Å². The van der Waals surface area contributed by atoms with Gasteiger partial charge in [0.25, 0.3) is 0 Å². The topological polar surface area (TPSA) is 52.6 Å². The number of carbonyl (C=O) groups is 1. The lowest BCUT2D eigenvalue weighted by atomic mass is 10.3. The fourth-order valence-corrected chi connectivity index (χ4v) is 4.30. The van der Waals surface area contributed by atoms with Crippen LogP contribution in [-0.4, -0.2) is 53.5 Å². The van der Waals surface area contributed by atoms with E-state index in [2.05, 4.69) is 25.1 Å². The van der Waals surface area contributed by atoms with Crippen molar-refractivity contribution in [2.75, 3.05) is 42.5 Å². The van der Waals surface area contributed by atoms with Crippen LogP contribution in [0.2, 0.25) is 0 Å². The van der Waals surface area contributed by atoms with E-state index >= 15 is 0 Å². The van der Waals surface area contributed by atoms with Gasteiger partial charge in [0, 0.05) is 63.1 Å². The Bertz CT molecular complexity index is 634. The van der Waals surface area contributed by atoms with Crippen LogP contribution in [0.3, 0.4) is 0 Å². The summed E-state index contributed by atoms with van der Waals surface area (Å²) in [6.07, 6.45) is 1.86. The maximum Gasteiger partial charge on any atom is 0.225 e. The number of nitrogens with zero attached hydrogens (tertiary/aromatic N) is 5. The van der Waals surface area contributed by atoms with Gasteiger partial charge < -0.3 is 4.90 Å². The van der Waals surface area contributed by atoms with Crippen LogP contribution < -0.4 is 9.80 Å². The zero-order valence-electron chi connectivity index (χ0n) is 13.4. The van der Waals surface area contributed by atoms with Gasteiger partial charge in [0.1, 0.15) is 0 Å². The van der Waals surface area contributed by atoms with Crippen molar-refractivity contribution in [2.45, 2.75) is 20.4 Å². The van der Waals surface area contributed by atoms with E-state index in [4.69, 9.17) is 0 Å². The minimum atomic E-state index is 0.0467. The first-order chi connectivity index (χ1) is 11.2. The van der Waals surface area contributed by atoms with E-state index in [1.165, 1.54) is 0 Å². The number of rotatable bonds is 5. The van der Waals surface area contributed by atoms with Crippen molar-refractivity contribution in [1.82, 2.24) is 14.9 Å². The number of amides is 1. The Hall–Kier alpha value is -1.51. The molecule has 0 bridgehead atoms. The van der Waals surface area contributed by atoms with Crippen LogP contribution in [-0.2, 0) is 11.3 Å². The van der Waals surface area contributed by atoms with E-state index in [9.17, 15) is 4.79 Å². The van der Waals surface area contributed by atoms with E-state index in [0.717, 1.165) is 48.7 Å². The fraction of sp³-hybridized carbons (Fsp3) is 0.533. The lowest BCUT2D eigenvalue weighted by Gasteiger charge is -2.34. The molecule has 1 fully saturated rings. The molecule has 0 spiro atoms. The molecular weight excluding hydrogens is 330 g/mol. The van der Waals surface area contributed by atoms with Gasteiger partial charge in [-0.3, -0.25) is 14.6 Å². The molecule has 2 aromatic heterocycles. The molecule has 8 heteroatoms. The van der Waals surface area contributed by atoms with Crippen molar-refractivity contribution in [3.63, 3.8) is 0 Å². The Kier molecular flexibility index (Phi) is 5.24. The van der Waals surface area contributed by atoms with Gasteiger partial charge >= 0.3 is 0 Å². The third kappa shape index (κ3) is 3.88. The van der Waals surface area contributed by atoms with Gasteiger partial charge in [-0.2, -0.15) is 0 Å². The molecule has 0 atom stereocenters. The SMILES string of the molecule is CCN(C(C)=O)c1nc(CN2CCN(c3nccs3)CC2)cs1. The van der Waals surface area contributed by atoms with Crippen molar-refractivity contribution in [1.29, 1.82) is 0 Å². The molecule has 1 aliphatic rings. The van der Waals surface area contributed by atoms with E-state index in [-0.39, 0.29) is 5.91 Å². The highest BCUT2D eigenvalue weighted by molar-refractivity contribution is 7.14. The number of aromatic nitrogens is 2. The molecular formula is C15H21N5OS2. The summed E-state index contributed by atoms with van der Waals surface area (Å²) in [6.45, 7) is 9.08. The van der Waals surface area contributed by atoms with Gasteiger partial charge in [-0.1, -0.05) is 0 Å². The zero-order chi connectivity index (χ0) is 16.2. The van der Waals surface area contributed by atoms with Gasteiger partial charge in [-0.15, -0.1) is 22.7 Å². The number of hydrogen-bond acceptors (Lipinski definition) is 7. The third-order valence-corrected chi connectivity index (χ3v) is 5.66. The highest BCUT2D eigenvalue weighted by Gasteiger charge is 2.20. The summed E-state index contributed by atoms with van der Waals surface area (Å²) in [5, 5.41) is 6.00. The van der Waals surface area contributed by atoms with Crippen LogP contribution in [0.5, 0.6) is 0 Å². The summed E-state index contributed by atoms with van der Waals surface area (Å²) in [4.78, 5) is 27.1. The van der Waals surface area contributed by atoms with E-state index in [1.54, 1.807) is 34.5 Å². The molecule has 0 unspecified atom stereocenters. The average Bonchev–Trinajstić information content (AvgIpc) is 3.21. The second-order valence-electron chi connectivity index (χ2n) is 5.46. The second-order valence-corrected chi connectivity index (χ2v) is 7.17. The molecule has 3 rings (SSSR count). The molecule has 23 heavy (non-hydrogen) atoms. The maximum atomic E-state index is 11.6. The van der Waals surface area contributed by atoms with Crippen LogP contribution in [0.4, 0.5) is 10.3 Å². The Balaban J connectivity index is 1.55. The molecule has 1 amide bonds. The maximum absolute atomic E-state index is 11.6. The monoisotopic (exact) mass is 351 g/mol. The highest BCUT2D eigenvalue weighted by atomic mass is 32.1. The Labute approximate surface area is 144 Å². The number of thiazole rings is 2. The molecule has 0 saturated carbocycles. The molecule has 1 aliphatic heterocycles. The number of anilines is 2. The normalized spacial score (nSPS) is 15.8. The number of carbonyl (C=O) groups excluding carboxylic acids is 1. The summed E-state index contributed by atoms with van der Waals surface area (Å²) in [6, 6.07) is 0. The molecule has 0 aromatic carbocycles. The molecule has 0 N–H and O–H groups in total. The van der Waals surface area contributed by atoms with Gasteiger partial charge in [0.15, 0.2) is 10.3 Å². The summed E-state index contributed by atoms with van der Waals surface area (Å²) in [7, 11) is 0. The first-order valence-corrected chi connectivity index (χ1v) is 9.52. The smallest absolute Gasteiger partial charge is 0.225 e. The third-order valence-electron chi connectivity index (χ3n) is 3.91. The molecule has 0 radical (unpaired) electrons. The van der Waals surface area contributed by atoms with Gasteiger partial charge in [-0.25, -0.2) is 9.97 Å². The summed E-state index contributed by atoms with van der Waals surface area (Å²) < 4.78 is 0. The zero-order valence-corrected chi connectivity index (χ0v) is 15.1. The average molecular weight is 352 g/mol. The van der Waals surface area contributed by atoms with Crippen LogP contribution in [0, 0.1) is 0 Å². The Morgan fingerprint density at radius 1 is 1.30 bits per heavy atom. The molecule has 2 aromatic rings. The standard InChI is InChI=1S/C15H21N5OS2/c1-3-20(12(2)21)15-17-13(11-23-15)10-18-5-7-19(8-6-18)14-16-4-9-22-14/h4,9,11H,3,5-8,10H2,1-2H3. The van der Waals surface area contributed by atoms with Crippen molar-refractivity contribution >= 4 is 38.8 Å². The van der Waals surface area contributed by atoms with Crippen molar-refractivity contribution in [2.24, 2.45) is 0 Å². The highest BCUT2D eigenvalue weighted by Crippen LogP contribution is 2.23. The van der Waals surface area contributed by atoms with E-state index in [0.29, 0.717) is 6.54 Å². The lowest BCUT2D eigenvalue weighted by Crippen LogP contribution is -2.46. The van der Waals surface area contributed by atoms with Crippen molar-refractivity contribution in [3.8, 4) is 0 Å². The summed E-state index contributed by atoms with van der Waals surface area (Å²) >= 11 is 3.24. The van der Waals surface area contributed by atoms with Crippen LogP contribution in [0.25, 0.3) is 0 Å². The van der Waals surface area contributed by atoms with Crippen LogP contribution in [0.1, 0.15) is 19.5 Å². The van der Waals surface area contributed by atoms with Crippen molar-refractivity contribution < 1.29 is 4.79 Å². The van der Waals surface area contributed by atoms with Gasteiger partial charge in [-0.05, 0) is 6.92 Å². The molecule has 0 aliphatic carbocycles. The Morgan fingerprint density at radius 2 is 2.09 bits per heavy atom. The summed E-state index contributed by atoms with van der Waals surface area (Å²) in [5.41, 5.74) is 1.05. The number of piperazine rings is 1. The lowest BCUT2D eigenvalue weighted by molar-refractivity contribution is -0.116. The van der Waals surface area contributed by atoms with E-state index in [1.807, 2.05) is 18.5 Å². The minimum absolute atomic E-state index is 0.0467. The van der Waals surface area contributed by atoms with Crippen LogP contribution >= 0.6 is 22.7 Å². The van der Waals surface area contributed by atoms with Crippen molar-refractivity contribution in [3.05, 3.63) is 22.7 Å². The van der Waals surface area contributed by atoms with E-state index < -0.39 is 0 Å². The first kappa shape index (κ1) is 16.4. The largest absolute Gasteiger partial charge is 0.346 e. The quantitative estimate of drug-likeness (QED) is 0.827. The molecule has 124 valence electrons. The second kappa shape index (κ2) is 7.37. The van der Waals surface area contributed by atoms with Crippen LogP contribution in [0.15, 0.2) is 17.0 Å². The van der Waals surface area contributed by atoms with Gasteiger partial charge in [0.05, 0.1) is 5.69 Å². The summed E-state index contributed by atoms with van der Waals surface area (Å²) in [5.74, 6) is 0.0467. The molecule has 6 nitrogen and oxygen atoms in total. The molecule has 3 heterocycles. The first-order valence-electron chi connectivity index (χ1n) is 7.76. The predicted molar refractivity (Wildman–Crippen MR) is 95.4 cm³/mol. The molecule has 1 saturated heterocycles. The Morgan fingerprint density at radius 3 is 2.70 bits per heavy atom. The fourth-order valence-electron chi connectivity index (χ4n) is 2.68. The minimum Gasteiger partial charge on any atom is -0.346 e. The predicted octanol–water partition coefficient (Wildman–Crippen LogP) is 2.29.